The van der Waals surface area contributed by atoms with Gasteiger partial charge < -0.3 is 16.8 Å². The van der Waals surface area contributed by atoms with Gasteiger partial charge in [0, 0.05) is 11.1 Å². The van der Waals surface area contributed by atoms with Gasteiger partial charge in [0.25, 0.3) is 5.91 Å². The summed E-state index contributed by atoms with van der Waals surface area (Å²) in [7, 11) is 0. The number of nitrogen functional groups attached to an aromatic ring is 1. The highest BCUT2D eigenvalue weighted by molar-refractivity contribution is 6.06. The van der Waals surface area contributed by atoms with Gasteiger partial charge in [-0.25, -0.2) is 0 Å². The molecule has 7 heteroatoms. The molecule has 0 saturated heterocycles. The standard InChI is InChI=1S/C11H13N5O2/c1-5(10(13)17)14-11(18)9-7-4-6(12)2-3-8(7)15-16-9/h2-5H,12H2,1H3,(H2,13,17)(H,14,18)(H,15,16). The first-order valence-corrected chi connectivity index (χ1v) is 5.33. The molecule has 2 rings (SSSR count). The lowest BCUT2D eigenvalue weighted by Gasteiger charge is -2.08. The Bertz CT molecular complexity index is 619. The minimum Gasteiger partial charge on any atom is -0.399 e. The van der Waals surface area contributed by atoms with E-state index in [2.05, 4.69) is 15.5 Å². The second kappa shape index (κ2) is 4.36. The number of aromatic amines is 1. The first-order valence-electron chi connectivity index (χ1n) is 5.33. The third-order valence-electron chi connectivity index (χ3n) is 2.58. The Morgan fingerprint density at radius 1 is 1.44 bits per heavy atom. The van der Waals surface area contributed by atoms with Gasteiger partial charge >= 0.3 is 0 Å². The van der Waals surface area contributed by atoms with E-state index in [-0.39, 0.29) is 5.69 Å². The number of H-pyrrole nitrogens is 1. The fraction of sp³-hybridized carbons (Fsp3) is 0.182. The number of hydrogen-bond donors (Lipinski definition) is 4. The lowest BCUT2D eigenvalue weighted by Crippen LogP contribution is -2.42. The number of benzene rings is 1. The molecule has 2 aromatic rings. The van der Waals surface area contributed by atoms with E-state index in [4.69, 9.17) is 11.5 Å². The van der Waals surface area contributed by atoms with Gasteiger partial charge in [-0.2, -0.15) is 5.10 Å². The minimum atomic E-state index is -0.759. The van der Waals surface area contributed by atoms with Gasteiger partial charge in [0.2, 0.25) is 5.91 Å². The van der Waals surface area contributed by atoms with Crippen molar-refractivity contribution in [2.24, 2.45) is 5.73 Å². The van der Waals surface area contributed by atoms with Crippen molar-refractivity contribution < 1.29 is 9.59 Å². The number of fused-ring (bicyclic) bond motifs is 1. The van der Waals surface area contributed by atoms with Crippen molar-refractivity contribution in [1.29, 1.82) is 0 Å². The number of carbonyl (C=O) groups is 2. The first-order chi connectivity index (χ1) is 8.49. The number of primary amides is 1. The lowest BCUT2D eigenvalue weighted by atomic mass is 10.2. The summed E-state index contributed by atoms with van der Waals surface area (Å²) in [6, 6.07) is 4.31. The van der Waals surface area contributed by atoms with Crippen molar-refractivity contribution in [3.05, 3.63) is 23.9 Å². The van der Waals surface area contributed by atoms with Crippen LogP contribution in [0.5, 0.6) is 0 Å². The molecule has 2 amide bonds. The molecule has 1 unspecified atom stereocenters. The van der Waals surface area contributed by atoms with Crippen LogP contribution in [0.25, 0.3) is 10.9 Å². The third kappa shape index (κ3) is 2.10. The summed E-state index contributed by atoms with van der Waals surface area (Å²) in [6.45, 7) is 1.50. The summed E-state index contributed by atoms with van der Waals surface area (Å²) < 4.78 is 0. The average Bonchev–Trinajstić information content (AvgIpc) is 2.71. The zero-order valence-corrected chi connectivity index (χ0v) is 9.73. The van der Waals surface area contributed by atoms with Gasteiger partial charge in [0.1, 0.15) is 6.04 Å². The number of carbonyl (C=O) groups excluding carboxylic acids is 2. The third-order valence-corrected chi connectivity index (χ3v) is 2.58. The molecule has 0 aliphatic heterocycles. The topological polar surface area (TPSA) is 127 Å². The molecule has 0 spiro atoms. The highest BCUT2D eigenvalue weighted by Crippen LogP contribution is 2.18. The number of nitrogens with zero attached hydrogens (tertiary/aromatic N) is 1. The molecule has 1 aromatic carbocycles. The van der Waals surface area contributed by atoms with Crippen LogP contribution in [0.1, 0.15) is 17.4 Å². The Morgan fingerprint density at radius 2 is 2.17 bits per heavy atom. The molecular formula is C11H13N5O2. The smallest absolute Gasteiger partial charge is 0.273 e. The van der Waals surface area contributed by atoms with Crippen LogP contribution in [0.3, 0.4) is 0 Å². The lowest BCUT2D eigenvalue weighted by molar-refractivity contribution is -0.119. The summed E-state index contributed by atoms with van der Waals surface area (Å²) in [5.41, 5.74) is 12.1. The maximum atomic E-state index is 11.9. The normalized spacial score (nSPS) is 12.3. The predicted molar refractivity (Wildman–Crippen MR) is 66.6 cm³/mol. The molecule has 1 heterocycles. The van der Waals surface area contributed by atoms with E-state index in [1.54, 1.807) is 18.2 Å². The van der Waals surface area contributed by atoms with Crippen molar-refractivity contribution in [2.75, 3.05) is 5.73 Å². The fourth-order valence-corrected chi connectivity index (χ4v) is 1.54. The van der Waals surface area contributed by atoms with E-state index < -0.39 is 17.9 Å². The Hall–Kier alpha value is -2.57. The Labute approximate surface area is 103 Å². The molecule has 1 atom stereocenters. The van der Waals surface area contributed by atoms with E-state index in [1.165, 1.54) is 6.92 Å². The summed E-state index contributed by atoms with van der Waals surface area (Å²) in [6.07, 6.45) is 0. The molecule has 1 aromatic heterocycles. The molecule has 0 aliphatic carbocycles. The first kappa shape index (κ1) is 11.9. The van der Waals surface area contributed by atoms with Crippen LogP contribution in [0, 0.1) is 0 Å². The van der Waals surface area contributed by atoms with E-state index in [9.17, 15) is 9.59 Å². The van der Waals surface area contributed by atoms with Gasteiger partial charge in [-0.3, -0.25) is 14.7 Å². The quantitative estimate of drug-likeness (QED) is 0.557. The van der Waals surface area contributed by atoms with Crippen molar-refractivity contribution in [3.8, 4) is 0 Å². The van der Waals surface area contributed by atoms with Crippen LogP contribution in [-0.2, 0) is 4.79 Å². The van der Waals surface area contributed by atoms with Crippen LogP contribution in [0.4, 0.5) is 5.69 Å². The molecule has 0 saturated carbocycles. The number of rotatable bonds is 3. The molecule has 94 valence electrons. The fourth-order valence-electron chi connectivity index (χ4n) is 1.54. The van der Waals surface area contributed by atoms with E-state index >= 15 is 0 Å². The molecule has 0 aliphatic rings. The van der Waals surface area contributed by atoms with Crippen molar-refractivity contribution in [1.82, 2.24) is 15.5 Å². The minimum absolute atomic E-state index is 0.186. The number of hydrogen-bond acceptors (Lipinski definition) is 4. The monoisotopic (exact) mass is 247 g/mol. The molecule has 18 heavy (non-hydrogen) atoms. The zero-order chi connectivity index (χ0) is 13.3. The Kier molecular flexibility index (Phi) is 2.88. The van der Waals surface area contributed by atoms with Crippen LogP contribution in [0.15, 0.2) is 18.2 Å². The van der Waals surface area contributed by atoms with Gasteiger partial charge in [-0.05, 0) is 25.1 Å². The maximum Gasteiger partial charge on any atom is 0.273 e. The van der Waals surface area contributed by atoms with Gasteiger partial charge in [-0.15, -0.1) is 0 Å². The van der Waals surface area contributed by atoms with Crippen molar-refractivity contribution in [3.63, 3.8) is 0 Å². The van der Waals surface area contributed by atoms with Crippen LogP contribution < -0.4 is 16.8 Å². The SMILES string of the molecule is CC(NC(=O)c1n[nH]c2ccc(N)cc12)C(N)=O. The van der Waals surface area contributed by atoms with Crippen molar-refractivity contribution >= 4 is 28.4 Å². The van der Waals surface area contributed by atoms with Gasteiger partial charge in [0.05, 0.1) is 5.52 Å². The number of nitrogens with one attached hydrogen (secondary N) is 2. The van der Waals surface area contributed by atoms with Gasteiger partial charge in [0.15, 0.2) is 5.69 Å². The van der Waals surface area contributed by atoms with Crippen molar-refractivity contribution in [2.45, 2.75) is 13.0 Å². The molecule has 0 fully saturated rings. The molecule has 0 radical (unpaired) electrons. The number of aromatic nitrogens is 2. The average molecular weight is 247 g/mol. The highest BCUT2D eigenvalue weighted by atomic mass is 16.2. The number of anilines is 1. The second-order valence-corrected chi connectivity index (χ2v) is 3.97. The Morgan fingerprint density at radius 3 is 2.83 bits per heavy atom. The number of amides is 2. The van der Waals surface area contributed by atoms with Gasteiger partial charge in [-0.1, -0.05) is 0 Å². The molecule has 7 nitrogen and oxygen atoms in total. The summed E-state index contributed by atoms with van der Waals surface area (Å²) in [5, 5.41) is 9.68. The summed E-state index contributed by atoms with van der Waals surface area (Å²) in [4.78, 5) is 22.8. The molecule has 0 bridgehead atoms. The summed E-state index contributed by atoms with van der Waals surface area (Å²) >= 11 is 0. The molecular weight excluding hydrogens is 234 g/mol. The highest BCUT2D eigenvalue weighted by Gasteiger charge is 2.18. The van der Waals surface area contributed by atoms with E-state index in [0.29, 0.717) is 16.6 Å². The maximum absolute atomic E-state index is 11.9. The largest absolute Gasteiger partial charge is 0.399 e. The summed E-state index contributed by atoms with van der Waals surface area (Å²) in [5.74, 6) is -1.08. The second-order valence-electron chi connectivity index (χ2n) is 3.97. The van der Waals surface area contributed by atoms with E-state index in [1.807, 2.05) is 0 Å². The molecule has 6 N–H and O–H groups in total. The zero-order valence-electron chi connectivity index (χ0n) is 9.73. The van der Waals surface area contributed by atoms with E-state index in [0.717, 1.165) is 0 Å². The number of nitrogens with two attached hydrogens (primary N) is 2. The predicted octanol–water partition coefficient (Wildman–Crippen LogP) is -0.251. The van der Waals surface area contributed by atoms with Crippen LogP contribution in [-0.4, -0.2) is 28.1 Å². The van der Waals surface area contributed by atoms with Crippen LogP contribution in [0.2, 0.25) is 0 Å². The Balaban J connectivity index is 2.33. The van der Waals surface area contributed by atoms with Crippen LogP contribution >= 0.6 is 0 Å².